The van der Waals surface area contributed by atoms with Gasteiger partial charge in [-0.05, 0) is 6.92 Å². The van der Waals surface area contributed by atoms with Crippen LogP contribution in [0.3, 0.4) is 0 Å². The fourth-order valence-electron chi connectivity index (χ4n) is 0.232. The SMILES string of the molecule is [CH2]C(Br)(C(C)Br)P(=O)(O)O. The zero-order valence-corrected chi connectivity index (χ0v) is 9.36. The first-order valence-electron chi connectivity index (χ1n) is 2.43. The second-order valence-electron chi connectivity index (χ2n) is 1.98. The van der Waals surface area contributed by atoms with Crippen molar-refractivity contribution in [3.63, 3.8) is 0 Å². The van der Waals surface area contributed by atoms with E-state index < -0.39 is 11.7 Å². The van der Waals surface area contributed by atoms with E-state index in [0.717, 1.165) is 0 Å². The quantitative estimate of drug-likeness (QED) is 0.604. The van der Waals surface area contributed by atoms with E-state index in [0.29, 0.717) is 0 Å². The molecule has 0 amide bonds. The van der Waals surface area contributed by atoms with E-state index in [9.17, 15) is 4.57 Å². The molecule has 0 rings (SSSR count). The van der Waals surface area contributed by atoms with Crippen LogP contribution in [0, 0.1) is 6.92 Å². The molecule has 2 unspecified atom stereocenters. The van der Waals surface area contributed by atoms with Gasteiger partial charge in [-0.1, -0.05) is 38.8 Å². The topological polar surface area (TPSA) is 57.5 Å². The summed E-state index contributed by atoms with van der Waals surface area (Å²) in [5.41, 5.74) is 0. The third-order valence-corrected chi connectivity index (χ3v) is 6.27. The average molecular weight is 295 g/mol. The van der Waals surface area contributed by atoms with Crippen molar-refractivity contribution >= 4 is 39.5 Å². The van der Waals surface area contributed by atoms with Crippen LogP contribution in [0.15, 0.2) is 0 Å². The number of alkyl halides is 2. The van der Waals surface area contributed by atoms with Gasteiger partial charge in [0, 0.05) is 4.83 Å². The molecule has 0 saturated carbocycles. The normalized spacial score (nSPS) is 21.8. The molecule has 1 radical (unpaired) electrons. The number of halogens is 2. The molecular weight excluding hydrogens is 287 g/mol. The lowest BCUT2D eigenvalue weighted by Crippen LogP contribution is -2.25. The summed E-state index contributed by atoms with van der Waals surface area (Å²) in [5, 5.41) is 0. The fourth-order valence-corrected chi connectivity index (χ4v) is 1.50. The van der Waals surface area contributed by atoms with Crippen molar-refractivity contribution < 1.29 is 14.4 Å². The van der Waals surface area contributed by atoms with Crippen molar-refractivity contribution in [1.82, 2.24) is 0 Å². The van der Waals surface area contributed by atoms with E-state index in [4.69, 9.17) is 9.79 Å². The molecule has 2 N–H and O–H groups in total. The van der Waals surface area contributed by atoms with E-state index in [2.05, 4.69) is 38.8 Å². The van der Waals surface area contributed by atoms with Gasteiger partial charge in [-0.25, -0.2) is 0 Å². The molecule has 61 valence electrons. The molecule has 0 aliphatic carbocycles. The minimum Gasteiger partial charge on any atom is -0.323 e. The summed E-state index contributed by atoms with van der Waals surface area (Å²) in [6.45, 7) is 4.96. The van der Waals surface area contributed by atoms with Crippen molar-refractivity contribution in [3.8, 4) is 0 Å². The van der Waals surface area contributed by atoms with Gasteiger partial charge in [-0.15, -0.1) is 0 Å². The third-order valence-electron chi connectivity index (χ3n) is 1.09. The van der Waals surface area contributed by atoms with Crippen LogP contribution in [-0.4, -0.2) is 18.7 Å². The Kier molecular flexibility index (Phi) is 3.59. The Hall–Kier alpha value is 1.11. The van der Waals surface area contributed by atoms with E-state index in [1.807, 2.05) is 0 Å². The predicted octanol–water partition coefficient (Wildman–Crippen LogP) is 1.87. The molecule has 0 spiro atoms. The first-order chi connectivity index (χ1) is 4.19. The second kappa shape index (κ2) is 3.23. The molecule has 0 aromatic heterocycles. The Bertz CT molecular complexity index is 162. The van der Waals surface area contributed by atoms with Crippen LogP contribution >= 0.6 is 39.5 Å². The Morgan fingerprint density at radius 1 is 1.70 bits per heavy atom. The van der Waals surface area contributed by atoms with Crippen LogP contribution in [0.25, 0.3) is 0 Å². The largest absolute Gasteiger partial charge is 0.343 e. The molecule has 0 saturated heterocycles. The van der Waals surface area contributed by atoms with E-state index in [-0.39, 0.29) is 4.83 Å². The van der Waals surface area contributed by atoms with Gasteiger partial charge in [0.1, 0.15) is 4.07 Å². The lowest BCUT2D eigenvalue weighted by atomic mass is 10.4. The minimum absolute atomic E-state index is 0.388. The summed E-state index contributed by atoms with van der Waals surface area (Å²) >= 11 is 5.88. The highest BCUT2D eigenvalue weighted by Crippen LogP contribution is 2.57. The van der Waals surface area contributed by atoms with Crippen LogP contribution in [0.2, 0.25) is 0 Å². The Labute approximate surface area is 76.6 Å². The Morgan fingerprint density at radius 2 is 2.00 bits per heavy atom. The van der Waals surface area contributed by atoms with Crippen molar-refractivity contribution in [3.05, 3.63) is 6.92 Å². The standard InChI is InChI=1S/C4H8Br2O3P/c1-3(5)4(2,6)10(7,8)9/h3H,2H2,1H3,(H2,7,8,9). The molecule has 0 aromatic carbocycles. The third kappa shape index (κ3) is 2.31. The number of rotatable bonds is 2. The molecular formula is C4H8Br2O3P. The summed E-state index contributed by atoms with van der Waals surface area (Å²) in [4.78, 5) is 17.0. The van der Waals surface area contributed by atoms with Gasteiger partial charge in [0.25, 0.3) is 0 Å². The van der Waals surface area contributed by atoms with Gasteiger partial charge < -0.3 is 9.79 Å². The van der Waals surface area contributed by atoms with Crippen LogP contribution < -0.4 is 0 Å². The first kappa shape index (κ1) is 11.1. The lowest BCUT2D eigenvalue weighted by Gasteiger charge is -2.25. The Morgan fingerprint density at radius 3 is 2.00 bits per heavy atom. The van der Waals surface area contributed by atoms with Crippen LogP contribution in [-0.2, 0) is 4.57 Å². The first-order valence-corrected chi connectivity index (χ1v) is 5.75. The summed E-state index contributed by atoms with van der Waals surface area (Å²) in [6, 6.07) is 0. The Balaban J connectivity index is 4.58. The lowest BCUT2D eigenvalue weighted by molar-refractivity contribution is 0.360. The van der Waals surface area contributed by atoms with Gasteiger partial charge >= 0.3 is 7.60 Å². The zero-order valence-electron chi connectivity index (χ0n) is 5.29. The van der Waals surface area contributed by atoms with E-state index >= 15 is 0 Å². The maximum absolute atomic E-state index is 10.6. The number of hydrogen-bond acceptors (Lipinski definition) is 1. The highest BCUT2D eigenvalue weighted by molar-refractivity contribution is 9.13. The summed E-state index contributed by atoms with van der Waals surface area (Å²) < 4.78 is 9.23. The second-order valence-corrected chi connectivity index (χ2v) is 7.27. The van der Waals surface area contributed by atoms with Crippen LogP contribution in [0.1, 0.15) is 6.92 Å². The van der Waals surface area contributed by atoms with Crippen LogP contribution in [0.5, 0.6) is 0 Å². The van der Waals surface area contributed by atoms with Gasteiger partial charge in [-0.2, -0.15) is 0 Å². The molecule has 0 aromatic rings. The molecule has 0 heterocycles. The van der Waals surface area contributed by atoms with Crippen molar-refractivity contribution in [2.45, 2.75) is 15.8 Å². The summed E-state index contributed by atoms with van der Waals surface area (Å²) in [6.07, 6.45) is 0. The van der Waals surface area contributed by atoms with Crippen molar-refractivity contribution in [2.24, 2.45) is 0 Å². The molecule has 3 nitrogen and oxygen atoms in total. The fraction of sp³-hybridized carbons (Fsp3) is 0.750. The van der Waals surface area contributed by atoms with Gasteiger partial charge in [-0.3, -0.25) is 4.57 Å². The highest BCUT2D eigenvalue weighted by Gasteiger charge is 2.43. The van der Waals surface area contributed by atoms with Crippen LogP contribution in [0.4, 0.5) is 0 Å². The van der Waals surface area contributed by atoms with Crippen molar-refractivity contribution in [2.75, 3.05) is 0 Å². The molecule has 0 bridgehead atoms. The molecule has 2 atom stereocenters. The monoisotopic (exact) mass is 293 g/mol. The number of hydrogen-bond donors (Lipinski definition) is 2. The summed E-state index contributed by atoms with van der Waals surface area (Å²) in [5.74, 6) is 0. The zero-order chi connectivity index (χ0) is 8.58. The van der Waals surface area contributed by atoms with E-state index in [1.54, 1.807) is 6.92 Å². The summed E-state index contributed by atoms with van der Waals surface area (Å²) in [7, 11) is -4.17. The molecule has 0 fully saturated rings. The maximum Gasteiger partial charge on any atom is 0.343 e. The van der Waals surface area contributed by atoms with E-state index in [1.165, 1.54) is 0 Å². The predicted molar refractivity (Wildman–Crippen MR) is 47.4 cm³/mol. The molecule has 0 aliphatic heterocycles. The van der Waals surface area contributed by atoms with Crippen molar-refractivity contribution in [1.29, 1.82) is 0 Å². The average Bonchev–Trinajstić information content (AvgIpc) is 1.62. The molecule has 0 aliphatic rings. The molecule has 10 heavy (non-hydrogen) atoms. The van der Waals surface area contributed by atoms with Gasteiger partial charge in [0.2, 0.25) is 0 Å². The van der Waals surface area contributed by atoms with Gasteiger partial charge in [0.05, 0.1) is 0 Å². The highest BCUT2D eigenvalue weighted by atomic mass is 79.9. The minimum atomic E-state index is -4.17. The van der Waals surface area contributed by atoms with Gasteiger partial charge in [0.15, 0.2) is 0 Å². The smallest absolute Gasteiger partial charge is 0.323 e. The maximum atomic E-state index is 10.6. The molecule has 6 heteroatoms.